The van der Waals surface area contributed by atoms with Gasteiger partial charge in [-0.15, -0.1) is 0 Å². The first-order valence-corrected chi connectivity index (χ1v) is 6.70. The van der Waals surface area contributed by atoms with E-state index in [0.717, 1.165) is 11.1 Å². The molecule has 2 rings (SSSR count). The van der Waals surface area contributed by atoms with Gasteiger partial charge in [0.2, 0.25) is 5.91 Å². The zero-order valence-corrected chi connectivity index (χ0v) is 11.4. The number of carbonyl (C=O) groups is 1. The molecule has 0 spiro atoms. The second-order valence-electron chi connectivity index (χ2n) is 4.64. The van der Waals surface area contributed by atoms with Gasteiger partial charge in [-0.05, 0) is 17.2 Å². The van der Waals surface area contributed by atoms with Crippen molar-refractivity contribution in [2.24, 2.45) is 5.73 Å². The molecule has 0 saturated carbocycles. The number of nitrogens with zero attached hydrogens (tertiary/aromatic N) is 2. The topological polar surface area (TPSA) is 59.2 Å². The van der Waals surface area contributed by atoms with E-state index in [4.69, 9.17) is 5.73 Å². The first kappa shape index (κ1) is 14.2. The highest BCUT2D eigenvalue weighted by molar-refractivity contribution is 5.76. The van der Waals surface area contributed by atoms with E-state index in [1.807, 2.05) is 47.4 Å². The number of rotatable bonds is 6. The molecule has 2 aromatic rings. The van der Waals surface area contributed by atoms with Crippen molar-refractivity contribution in [1.82, 2.24) is 9.88 Å². The van der Waals surface area contributed by atoms with Gasteiger partial charge in [-0.25, -0.2) is 0 Å². The van der Waals surface area contributed by atoms with Crippen LogP contribution in [0.15, 0.2) is 54.9 Å². The van der Waals surface area contributed by atoms with E-state index in [2.05, 4.69) is 4.98 Å². The summed E-state index contributed by atoms with van der Waals surface area (Å²) in [6, 6.07) is 13.8. The summed E-state index contributed by atoms with van der Waals surface area (Å²) in [5.74, 6) is 0.0696. The number of nitrogens with two attached hydrogens (primary N) is 1. The molecule has 0 aliphatic rings. The van der Waals surface area contributed by atoms with E-state index in [0.29, 0.717) is 26.1 Å². The predicted molar refractivity (Wildman–Crippen MR) is 78.6 cm³/mol. The highest BCUT2D eigenvalue weighted by atomic mass is 16.2. The Morgan fingerprint density at radius 2 is 1.75 bits per heavy atom. The Morgan fingerprint density at radius 3 is 2.40 bits per heavy atom. The maximum absolute atomic E-state index is 12.2. The Balaban J connectivity index is 2.10. The van der Waals surface area contributed by atoms with Crippen LogP contribution in [-0.2, 0) is 17.9 Å². The third-order valence-electron chi connectivity index (χ3n) is 3.02. The minimum absolute atomic E-state index is 0.0696. The summed E-state index contributed by atoms with van der Waals surface area (Å²) in [6.07, 6.45) is 3.88. The zero-order valence-electron chi connectivity index (χ0n) is 11.4. The molecule has 0 radical (unpaired) electrons. The monoisotopic (exact) mass is 269 g/mol. The van der Waals surface area contributed by atoms with Gasteiger partial charge in [-0.3, -0.25) is 9.78 Å². The van der Waals surface area contributed by atoms with Gasteiger partial charge in [-0.1, -0.05) is 36.4 Å². The van der Waals surface area contributed by atoms with Crippen LogP contribution in [0.1, 0.15) is 17.5 Å². The zero-order chi connectivity index (χ0) is 14.2. The molecule has 4 nitrogen and oxygen atoms in total. The van der Waals surface area contributed by atoms with E-state index in [-0.39, 0.29) is 5.91 Å². The van der Waals surface area contributed by atoms with Gasteiger partial charge in [-0.2, -0.15) is 0 Å². The summed E-state index contributed by atoms with van der Waals surface area (Å²) in [5, 5.41) is 0. The molecule has 104 valence electrons. The minimum atomic E-state index is 0.0696. The number of hydrogen-bond donors (Lipinski definition) is 1. The fraction of sp³-hybridized carbons (Fsp3) is 0.250. The molecule has 2 N–H and O–H groups in total. The third kappa shape index (κ3) is 4.17. The average molecular weight is 269 g/mol. The highest BCUT2D eigenvalue weighted by Crippen LogP contribution is 2.10. The first-order chi connectivity index (χ1) is 9.79. The van der Waals surface area contributed by atoms with Gasteiger partial charge in [0.1, 0.15) is 0 Å². The van der Waals surface area contributed by atoms with E-state index in [9.17, 15) is 4.79 Å². The lowest BCUT2D eigenvalue weighted by Gasteiger charge is -2.22. The van der Waals surface area contributed by atoms with E-state index >= 15 is 0 Å². The molecule has 1 aromatic carbocycles. The van der Waals surface area contributed by atoms with Gasteiger partial charge in [0, 0.05) is 38.4 Å². The Bertz CT molecular complexity index is 486. The van der Waals surface area contributed by atoms with Crippen LogP contribution in [0.3, 0.4) is 0 Å². The molecular weight excluding hydrogens is 250 g/mol. The lowest BCUT2D eigenvalue weighted by molar-refractivity contribution is -0.132. The van der Waals surface area contributed by atoms with Crippen LogP contribution in [0.5, 0.6) is 0 Å². The lowest BCUT2D eigenvalue weighted by atomic mass is 10.2. The van der Waals surface area contributed by atoms with Gasteiger partial charge in [0.05, 0.1) is 0 Å². The standard InChI is InChI=1S/C16H19N3O/c17-9-8-16(20)19(12-14-5-2-1-3-6-14)13-15-7-4-10-18-11-15/h1-7,10-11H,8-9,12-13,17H2. The highest BCUT2D eigenvalue weighted by Gasteiger charge is 2.13. The average Bonchev–Trinajstić information content (AvgIpc) is 2.49. The van der Waals surface area contributed by atoms with Gasteiger partial charge in [0.25, 0.3) is 0 Å². The van der Waals surface area contributed by atoms with Crippen molar-refractivity contribution in [2.75, 3.05) is 6.54 Å². The summed E-state index contributed by atoms with van der Waals surface area (Å²) in [4.78, 5) is 18.1. The number of pyridine rings is 1. The molecule has 1 amide bonds. The van der Waals surface area contributed by atoms with Crippen molar-refractivity contribution >= 4 is 5.91 Å². The quantitative estimate of drug-likeness (QED) is 0.872. The van der Waals surface area contributed by atoms with Crippen LogP contribution in [0, 0.1) is 0 Å². The Kier molecular flexibility index (Phi) is 5.26. The fourth-order valence-electron chi connectivity index (χ4n) is 2.03. The van der Waals surface area contributed by atoms with Gasteiger partial charge < -0.3 is 10.6 Å². The van der Waals surface area contributed by atoms with Gasteiger partial charge in [0.15, 0.2) is 0 Å². The summed E-state index contributed by atoms with van der Waals surface area (Å²) in [5.41, 5.74) is 7.63. The van der Waals surface area contributed by atoms with E-state index < -0.39 is 0 Å². The van der Waals surface area contributed by atoms with Crippen molar-refractivity contribution in [3.63, 3.8) is 0 Å². The van der Waals surface area contributed by atoms with Crippen molar-refractivity contribution < 1.29 is 4.79 Å². The third-order valence-corrected chi connectivity index (χ3v) is 3.02. The summed E-state index contributed by atoms with van der Waals surface area (Å²) in [7, 11) is 0. The smallest absolute Gasteiger partial charge is 0.224 e. The Morgan fingerprint density at radius 1 is 1.05 bits per heavy atom. The van der Waals surface area contributed by atoms with Crippen LogP contribution < -0.4 is 5.73 Å². The summed E-state index contributed by atoms with van der Waals surface area (Å²) in [6.45, 7) is 1.52. The molecule has 0 saturated heterocycles. The maximum atomic E-state index is 12.2. The van der Waals surface area contributed by atoms with Crippen molar-refractivity contribution in [3.8, 4) is 0 Å². The number of aromatic nitrogens is 1. The number of amides is 1. The van der Waals surface area contributed by atoms with Crippen LogP contribution >= 0.6 is 0 Å². The van der Waals surface area contributed by atoms with E-state index in [1.165, 1.54) is 0 Å². The molecular formula is C16H19N3O. The molecule has 0 aliphatic carbocycles. The van der Waals surface area contributed by atoms with Crippen molar-refractivity contribution in [1.29, 1.82) is 0 Å². The second kappa shape index (κ2) is 7.40. The lowest BCUT2D eigenvalue weighted by Crippen LogP contribution is -2.31. The van der Waals surface area contributed by atoms with Crippen LogP contribution in [0.2, 0.25) is 0 Å². The largest absolute Gasteiger partial charge is 0.334 e. The number of carbonyl (C=O) groups excluding carboxylic acids is 1. The minimum Gasteiger partial charge on any atom is -0.334 e. The molecule has 1 heterocycles. The molecule has 0 unspecified atom stereocenters. The Hall–Kier alpha value is -2.20. The molecule has 0 fully saturated rings. The fourth-order valence-corrected chi connectivity index (χ4v) is 2.03. The SMILES string of the molecule is NCCC(=O)N(Cc1ccccc1)Cc1cccnc1. The van der Waals surface area contributed by atoms with Crippen LogP contribution in [-0.4, -0.2) is 22.3 Å². The normalized spacial score (nSPS) is 10.2. The summed E-state index contributed by atoms with van der Waals surface area (Å²) >= 11 is 0. The van der Waals surface area contributed by atoms with Crippen LogP contribution in [0.4, 0.5) is 0 Å². The Labute approximate surface area is 119 Å². The number of hydrogen-bond acceptors (Lipinski definition) is 3. The second-order valence-corrected chi connectivity index (χ2v) is 4.64. The molecule has 0 atom stereocenters. The van der Waals surface area contributed by atoms with Gasteiger partial charge >= 0.3 is 0 Å². The number of benzene rings is 1. The van der Waals surface area contributed by atoms with Crippen molar-refractivity contribution in [3.05, 3.63) is 66.0 Å². The van der Waals surface area contributed by atoms with E-state index in [1.54, 1.807) is 12.4 Å². The van der Waals surface area contributed by atoms with Crippen LogP contribution in [0.25, 0.3) is 0 Å². The predicted octanol–water partition coefficient (Wildman–Crippen LogP) is 1.96. The molecule has 20 heavy (non-hydrogen) atoms. The molecule has 1 aromatic heterocycles. The van der Waals surface area contributed by atoms with Crippen molar-refractivity contribution in [2.45, 2.75) is 19.5 Å². The molecule has 0 aliphatic heterocycles. The molecule has 0 bridgehead atoms. The molecule has 4 heteroatoms. The maximum Gasteiger partial charge on any atom is 0.224 e. The first-order valence-electron chi connectivity index (χ1n) is 6.70. The summed E-state index contributed by atoms with van der Waals surface area (Å²) < 4.78 is 0.